The Labute approximate surface area is 181 Å². The van der Waals surface area contributed by atoms with Crippen molar-refractivity contribution < 1.29 is 9.59 Å². The third-order valence-electron chi connectivity index (χ3n) is 5.42. The molecule has 2 aromatic rings. The maximum absolute atomic E-state index is 13.1. The van der Waals surface area contributed by atoms with Gasteiger partial charge in [-0.2, -0.15) is 0 Å². The van der Waals surface area contributed by atoms with Crippen molar-refractivity contribution in [1.82, 2.24) is 9.88 Å². The van der Waals surface area contributed by atoms with Gasteiger partial charge in [-0.1, -0.05) is 40.9 Å². The molecule has 29 heavy (non-hydrogen) atoms. The molecular weight excluding hydrogens is 428 g/mol. The highest BCUT2D eigenvalue weighted by atomic mass is 79.9. The van der Waals surface area contributed by atoms with Crippen LogP contribution in [0.4, 0.5) is 0 Å². The number of amides is 1. The Balaban J connectivity index is 1.95. The van der Waals surface area contributed by atoms with Gasteiger partial charge in [-0.15, -0.1) is 0 Å². The summed E-state index contributed by atoms with van der Waals surface area (Å²) < 4.78 is 3.06. The lowest BCUT2D eigenvalue weighted by Crippen LogP contribution is -2.29. The second-order valence-electron chi connectivity index (χ2n) is 8.19. The second-order valence-corrected chi connectivity index (χ2v) is 9.10. The number of ketones is 1. The zero-order valence-electron chi connectivity index (χ0n) is 17.9. The molecule has 0 bridgehead atoms. The topological polar surface area (TPSA) is 51.1 Å². The SMILES string of the molecule is CCCC1=C(CNC(=O)c2cc(Br)cc3c2c(C)cn3C(C)C)C(=O)CC(C)=C1. The lowest BCUT2D eigenvalue weighted by atomic mass is 9.89. The lowest BCUT2D eigenvalue weighted by molar-refractivity contribution is -0.115. The molecule has 3 rings (SSSR count). The molecule has 0 fully saturated rings. The fourth-order valence-electron chi connectivity index (χ4n) is 4.10. The number of carbonyl (C=O) groups is 2. The van der Waals surface area contributed by atoms with Crippen LogP contribution in [-0.4, -0.2) is 22.8 Å². The van der Waals surface area contributed by atoms with Crippen molar-refractivity contribution in [3.05, 3.63) is 56.7 Å². The zero-order chi connectivity index (χ0) is 21.3. The van der Waals surface area contributed by atoms with E-state index in [4.69, 9.17) is 0 Å². The van der Waals surface area contributed by atoms with Crippen LogP contribution in [-0.2, 0) is 4.79 Å². The molecule has 4 nitrogen and oxygen atoms in total. The molecule has 0 unspecified atom stereocenters. The van der Waals surface area contributed by atoms with Crippen LogP contribution in [0.25, 0.3) is 10.9 Å². The van der Waals surface area contributed by atoms with E-state index in [1.165, 1.54) is 0 Å². The number of aromatic nitrogens is 1. The highest BCUT2D eigenvalue weighted by molar-refractivity contribution is 9.10. The molecule has 0 saturated heterocycles. The Hall–Kier alpha value is -2.14. The minimum Gasteiger partial charge on any atom is -0.348 e. The first-order valence-electron chi connectivity index (χ1n) is 10.2. The smallest absolute Gasteiger partial charge is 0.252 e. The molecular formula is C24H29BrN2O2. The number of carbonyl (C=O) groups excluding carboxylic acids is 2. The quantitative estimate of drug-likeness (QED) is 0.575. The number of hydrogen-bond acceptors (Lipinski definition) is 2. The molecule has 0 saturated carbocycles. The van der Waals surface area contributed by atoms with Crippen LogP contribution >= 0.6 is 15.9 Å². The fraction of sp³-hybridized carbons (Fsp3) is 0.417. The molecule has 1 aliphatic carbocycles. The first-order chi connectivity index (χ1) is 13.7. The number of allylic oxidation sites excluding steroid dienone is 3. The summed E-state index contributed by atoms with van der Waals surface area (Å²) in [4.78, 5) is 25.7. The minimum absolute atomic E-state index is 0.121. The first-order valence-corrected chi connectivity index (χ1v) is 11.0. The maximum atomic E-state index is 13.1. The van der Waals surface area contributed by atoms with Gasteiger partial charge in [-0.25, -0.2) is 0 Å². The van der Waals surface area contributed by atoms with E-state index in [1.807, 2.05) is 19.9 Å². The molecule has 0 radical (unpaired) electrons. The van der Waals surface area contributed by atoms with Crippen LogP contribution in [0.15, 0.2) is 45.6 Å². The van der Waals surface area contributed by atoms with Crippen LogP contribution in [0.2, 0.25) is 0 Å². The van der Waals surface area contributed by atoms with Gasteiger partial charge >= 0.3 is 0 Å². The largest absolute Gasteiger partial charge is 0.348 e. The van der Waals surface area contributed by atoms with Crippen molar-refractivity contribution in [3.63, 3.8) is 0 Å². The van der Waals surface area contributed by atoms with E-state index >= 15 is 0 Å². The molecule has 1 aromatic heterocycles. The van der Waals surface area contributed by atoms with Crippen LogP contribution in [0, 0.1) is 6.92 Å². The zero-order valence-corrected chi connectivity index (χ0v) is 19.4. The summed E-state index contributed by atoms with van der Waals surface area (Å²) in [6.45, 7) is 10.7. The lowest BCUT2D eigenvalue weighted by Gasteiger charge is -2.18. The van der Waals surface area contributed by atoms with Gasteiger partial charge in [-0.05, 0) is 57.4 Å². The number of halogens is 1. The predicted molar refractivity (Wildman–Crippen MR) is 122 cm³/mol. The molecule has 0 atom stereocenters. The third-order valence-corrected chi connectivity index (χ3v) is 5.88. The molecule has 0 spiro atoms. The number of fused-ring (bicyclic) bond motifs is 1. The highest BCUT2D eigenvalue weighted by Crippen LogP contribution is 2.31. The average molecular weight is 457 g/mol. The van der Waals surface area contributed by atoms with Gasteiger partial charge in [-0.3, -0.25) is 9.59 Å². The van der Waals surface area contributed by atoms with Gasteiger partial charge < -0.3 is 9.88 Å². The Kier molecular flexibility index (Phi) is 6.47. The van der Waals surface area contributed by atoms with Crippen molar-refractivity contribution in [2.75, 3.05) is 6.54 Å². The summed E-state index contributed by atoms with van der Waals surface area (Å²) in [7, 11) is 0. The number of nitrogens with one attached hydrogen (secondary N) is 1. The van der Waals surface area contributed by atoms with Gasteiger partial charge in [0.15, 0.2) is 5.78 Å². The summed E-state index contributed by atoms with van der Waals surface area (Å²) in [6, 6.07) is 4.22. The average Bonchev–Trinajstić information content (AvgIpc) is 2.97. The summed E-state index contributed by atoms with van der Waals surface area (Å²) >= 11 is 3.55. The number of nitrogens with zero attached hydrogens (tertiary/aromatic N) is 1. The Morgan fingerprint density at radius 3 is 2.66 bits per heavy atom. The molecule has 1 amide bonds. The molecule has 1 aliphatic rings. The number of aryl methyl sites for hydroxylation is 1. The van der Waals surface area contributed by atoms with Gasteiger partial charge in [0.2, 0.25) is 0 Å². The van der Waals surface area contributed by atoms with E-state index in [0.29, 0.717) is 18.0 Å². The van der Waals surface area contributed by atoms with E-state index in [0.717, 1.165) is 50.5 Å². The summed E-state index contributed by atoms with van der Waals surface area (Å²) in [6.07, 6.45) is 6.47. The number of benzene rings is 1. The van der Waals surface area contributed by atoms with Crippen molar-refractivity contribution in [3.8, 4) is 0 Å². The van der Waals surface area contributed by atoms with E-state index < -0.39 is 0 Å². The standard InChI is InChI=1S/C24H29BrN2O2/c1-6-7-17-8-15(4)9-22(28)20(17)12-26-24(29)19-10-18(25)11-21-23(19)16(5)13-27(21)14(2)3/h8,10-11,13-14H,6-7,9,12H2,1-5H3,(H,26,29). The fourth-order valence-corrected chi connectivity index (χ4v) is 4.55. The number of rotatable bonds is 6. The Morgan fingerprint density at radius 2 is 2.00 bits per heavy atom. The van der Waals surface area contributed by atoms with Gasteiger partial charge in [0.1, 0.15) is 0 Å². The van der Waals surface area contributed by atoms with Crippen molar-refractivity contribution >= 4 is 38.5 Å². The summed E-state index contributed by atoms with van der Waals surface area (Å²) in [5, 5.41) is 3.98. The number of Topliss-reactive ketones (excluding diaryl/α,β-unsaturated/α-hetero) is 1. The van der Waals surface area contributed by atoms with Gasteiger partial charge in [0.25, 0.3) is 5.91 Å². The molecule has 1 aromatic carbocycles. The second kappa shape index (κ2) is 8.70. The van der Waals surface area contributed by atoms with Gasteiger partial charge in [0, 0.05) is 40.6 Å². The maximum Gasteiger partial charge on any atom is 0.252 e. The molecule has 5 heteroatoms. The van der Waals surface area contributed by atoms with Crippen LogP contribution in [0.1, 0.15) is 68.9 Å². The Morgan fingerprint density at radius 1 is 1.28 bits per heavy atom. The van der Waals surface area contributed by atoms with Crippen LogP contribution in [0.3, 0.4) is 0 Å². The van der Waals surface area contributed by atoms with E-state index in [9.17, 15) is 9.59 Å². The Bertz CT molecular complexity index is 1040. The van der Waals surface area contributed by atoms with Crippen LogP contribution in [0.5, 0.6) is 0 Å². The normalized spacial score (nSPS) is 14.7. The number of hydrogen-bond donors (Lipinski definition) is 1. The van der Waals surface area contributed by atoms with E-state index in [2.05, 4.69) is 64.9 Å². The predicted octanol–water partition coefficient (Wildman–Crippen LogP) is 6.04. The van der Waals surface area contributed by atoms with Crippen molar-refractivity contribution in [1.29, 1.82) is 0 Å². The molecule has 0 aliphatic heterocycles. The highest BCUT2D eigenvalue weighted by Gasteiger charge is 2.22. The van der Waals surface area contributed by atoms with Crippen molar-refractivity contribution in [2.24, 2.45) is 0 Å². The molecule has 1 N–H and O–H groups in total. The van der Waals surface area contributed by atoms with Gasteiger partial charge in [0.05, 0.1) is 11.1 Å². The molecule has 154 valence electrons. The van der Waals surface area contributed by atoms with Crippen molar-refractivity contribution in [2.45, 2.75) is 59.9 Å². The van der Waals surface area contributed by atoms with Crippen LogP contribution < -0.4 is 5.32 Å². The summed E-state index contributed by atoms with van der Waals surface area (Å²) in [5.41, 5.74) is 5.64. The minimum atomic E-state index is -0.150. The summed E-state index contributed by atoms with van der Waals surface area (Å²) in [5.74, 6) is -0.0291. The monoisotopic (exact) mass is 456 g/mol. The van der Waals surface area contributed by atoms with E-state index in [1.54, 1.807) is 0 Å². The van der Waals surface area contributed by atoms with E-state index in [-0.39, 0.29) is 18.2 Å². The molecule has 1 heterocycles. The first kappa shape index (κ1) is 21.6. The third kappa shape index (κ3) is 4.40.